The third-order valence-corrected chi connectivity index (χ3v) is 3.29. The fourth-order valence-electron chi connectivity index (χ4n) is 1.80. The van der Waals surface area contributed by atoms with E-state index in [1.807, 2.05) is 6.07 Å². The van der Waals surface area contributed by atoms with E-state index in [4.69, 9.17) is 5.73 Å². The number of hydrogen-bond donors (Lipinski definition) is 1. The highest BCUT2D eigenvalue weighted by Crippen LogP contribution is 2.18. The van der Waals surface area contributed by atoms with Gasteiger partial charge in [0.2, 0.25) is 0 Å². The average Bonchev–Trinajstić information content (AvgIpc) is 2.47. The van der Waals surface area contributed by atoms with E-state index in [9.17, 15) is 9.59 Å². The molecule has 20 heavy (non-hydrogen) atoms. The molecule has 2 aromatic rings. The summed E-state index contributed by atoms with van der Waals surface area (Å²) in [5.41, 5.74) is 6.63. The second kappa shape index (κ2) is 6.43. The summed E-state index contributed by atoms with van der Waals surface area (Å²) in [6.07, 6.45) is 1.81. The van der Waals surface area contributed by atoms with E-state index < -0.39 is 0 Å². The average molecular weight is 333 g/mol. The van der Waals surface area contributed by atoms with Crippen LogP contribution in [0.4, 0.5) is 5.82 Å². The lowest BCUT2D eigenvalue weighted by molar-refractivity contribution is 0.0917. The molecule has 0 fully saturated rings. The topological polar surface area (TPSA) is 73.0 Å². The molecule has 5 heteroatoms. The molecular weight excluding hydrogens is 320 g/mol. The van der Waals surface area contributed by atoms with Crippen LogP contribution in [0.25, 0.3) is 0 Å². The van der Waals surface area contributed by atoms with Crippen LogP contribution < -0.4 is 5.73 Å². The molecule has 0 saturated heterocycles. The van der Waals surface area contributed by atoms with E-state index >= 15 is 0 Å². The lowest BCUT2D eigenvalue weighted by atomic mass is 10.0. The highest BCUT2D eigenvalue weighted by Gasteiger charge is 2.14. The maximum atomic E-state index is 12.1. The molecule has 0 amide bonds. The van der Waals surface area contributed by atoms with Crippen LogP contribution in [0.3, 0.4) is 0 Å². The minimum atomic E-state index is -0.180. The van der Waals surface area contributed by atoms with Crippen LogP contribution in [0.5, 0.6) is 0 Å². The van der Waals surface area contributed by atoms with Crippen molar-refractivity contribution in [3.05, 3.63) is 58.2 Å². The molecule has 2 rings (SSSR count). The van der Waals surface area contributed by atoms with Gasteiger partial charge in [-0.05, 0) is 22.0 Å². The van der Waals surface area contributed by atoms with Gasteiger partial charge in [0.1, 0.15) is 5.82 Å². The molecule has 2 N–H and O–H groups in total. The molecule has 0 aliphatic rings. The minimum absolute atomic E-state index is 0.0551. The fourth-order valence-corrected chi connectivity index (χ4v) is 2.13. The molecule has 0 spiro atoms. The first kappa shape index (κ1) is 14.4. The van der Waals surface area contributed by atoms with Crippen molar-refractivity contribution in [3.63, 3.8) is 0 Å². The molecule has 1 heterocycles. The number of pyridine rings is 1. The summed E-state index contributed by atoms with van der Waals surface area (Å²) < 4.78 is 0.685. The number of Topliss-reactive ketones (excluding diaryl/α,β-unsaturated/α-hetero) is 2. The normalized spacial score (nSPS) is 10.2. The summed E-state index contributed by atoms with van der Waals surface area (Å²) in [6.45, 7) is 0. The van der Waals surface area contributed by atoms with Crippen molar-refractivity contribution < 1.29 is 9.59 Å². The van der Waals surface area contributed by atoms with Crippen LogP contribution >= 0.6 is 15.9 Å². The molecule has 1 aromatic carbocycles. The van der Waals surface area contributed by atoms with Gasteiger partial charge in [-0.25, -0.2) is 4.98 Å². The summed E-state index contributed by atoms with van der Waals surface area (Å²) in [6, 6.07) is 10.5. The molecule has 0 unspecified atom stereocenters. The monoisotopic (exact) mass is 332 g/mol. The quantitative estimate of drug-likeness (QED) is 0.853. The number of nitrogens with two attached hydrogens (primary N) is 1. The third kappa shape index (κ3) is 3.51. The third-order valence-electron chi connectivity index (χ3n) is 2.86. The zero-order chi connectivity index (χ0) is 14.5. The summed E-state index contributed by atoms with van der Waals surface area (Å²) in [5, 5.41) is 0. The number of ketones is 2. The number of nitrogen functional groups attached to an aromatic ring is 1. The van der Waals surface area contributed by atoms with E-state index in [1.54, 1.807) is 30.3 Å². The second-order valence-corrected chi connectivity index (χ2v) is 5.21. The van der Waals surface area contributed by atoms with Crippen molar-refractivity contribution in [3.8, 4) is 0 Å². The van der Waals surface area contributed by atoms with Crippen molar-refractivity contribution in [1.29, 1.82) is 0 Å². The number of carbonyl (C=O) groups is 2. The highest BCUT2D eigenvalue weighted by atomic mass is 79.9. The summed E-state index contributed by atoms with van der Waals surface area (Å²) in [7, 11) is 0. The first-order chi connectivity index (χ1) is 9.58. The molecule has 0 radical (unpaired) electrons. The zero-order valence-electron chi connectivity index (χ0n) is 10.7. The SMILES string of the molecule is Nc1ncc(Br)cc1C(=O)CCC(=O)c1ccccc1. The molecule has 1 aromatic heterocycles. The number of halogens is 1. The Hall–Kier alpha value is -2.01. The van der Waals surface area contributed by atoms with Gasteiger partial charge in [0, 0.05) is 29.1 Å². The summed E-state index contributed by atoms with van der Waals surface area (Å²) >= 11 is 3.24. The summed E-state index contributed by atoms with van der Waals surface area (Å²) in [4.78, 5) is 27.9. The Labute approximate surface area is 125 Å². The van der Waals surface area contributed by atoms with Crippen molar-refractivity contribution >= 4 is 33.3 Å². The van der Waals surface area contributed by atoms with E-state index in [0.29, 0.717) is 15.6 Å². The Morgan fingerprint density at radius 1 is 1.10 bits per heavy atom. The Morgan fingerprint density at radius 3 is 2.45 bits per heavy atom. The van der Waals surface area contributed by atoms with Crippen LogP contribution in [0.1, 0.15) is 33.6 Å². The lowest BCUT2D eigenvalue weighted by Gasteiger charge is -2.04. The number of hydrogen-bond acceptors (Lipinski definition) is 4. The van der Waals surface area contributed by atoms with Crippen molar-refractivity contribution in [2.24, 2.45) is 0 Å². The van der Waals surface area contributed by atoms with Gasteiger partial charge in [0.25, 0.3) is 0 Å². The molecule has 4 nitrogen and oxygen atoms in total. The largest absolute Gasteiger partial charge is 0.383 e. The Morgan fingerprint density at radius 2 is 1.75 bits per heavy atom. The first-order valence-electron chi connectivity index (χ1n) is 6.10. The van der Waals surface area contributed by atoms with Gasteiger partial charge >= 0.3 is 0 Å². The van der Waals surface area contributed by atoms with Crippen LogP contribution in [-0.2, 0) is 0 Å². The zero-order valence-corrected chi connectivity index (χ0v) is 12.3. The Kier molecular flexibility index (Phi) is 4.63. The predicted octanol–water partition coefficient (Wildman–Crippen LogP) is 3.27. The van der Waals surface area contributed by atoms with Crippen LogP contribution in [0, 0.1) is 0 Å². The molecule has 102 valence electrons. The lowest BCUT2D eigenvalue weighted by Crippen LogP contribution is -2.08. The van der Waals surface area contributed by atoms with Gasteiger partial charge in [-0.2, -0.15) is 0 Å². The molecule has 0 saturated carbocycles. The van der Waals surface area contributed by atoms with Gasteiger partial charge in [0.15, 0.2) is 11.6 Å². The highest BCUT2D eigenvalue weighted by molar-refractivity contribution is 9.10. The van der Waals surface area contributed by atoms with E-state index in [-0.39, 0.29) is 30.2 Å². The number of carbonyl (C=O) groups excluding carboxylic acids is 2. The van der Waals surface area contributed by atoms with Crippen molar-refractivity contribution in [2.45, 2.75) is 12.8 Å². The fraction of sp³-hybridized carbons (Fsp3) is 0.133. The number of rotatable bonds is 5. The van der Waals surface area contributed by atoms with Crippen molar-refractivity contribution in [1.82, 2.24) is 4.98 Å². The Bertz CT molecular complexity index is 642. The predicted molar refractivity (Wildman–Crippen MR) is 80.7 cm³/mol. The maximum absolute atomic E-state index is 12.1. The van der Waals surface area contributed by atoms with E-state index in [0.717, 1.165) is 0 Å². The van der Waals surface area contributed by atoms with Crippen LogP contribution in [-0.4, -0.2) is 16.6 Å². The second-order valence-electron chi connectivity index (χ2n) is 4.30. The van der Waals surface area contributed by atoms with Gasteiger partial charge in [-0.3, -0.25) is 9.59 Å². The van der Waals surface area contributed by atoms with E-state index in [1.165, 1.54) is 6.20 Å². The number of benzene rings is 1. The standard InChI is InChI=1S/C15H13BrN2O2/c16-11-8-12(15(17)18-9-11)14(20)7-6-13(19)10-4-2-1-3-5-10/h1-5,8-9H,6-7H2,(H2,17,18). The molecule has 0 aliphatic heterocycles. The minimum Gasteiger partial charge on any atom is -0.383 e. The van der Waals surface area contributed by atoms with Crippen molar-refractivity contribution in [2.75, 3.05) is 5.73 Å². The molecule has 0 atom stereocenters. The maximum Gasteiger partial charge on any atom is 0.167 e. The smallest absolute Gasteiger partial charge is 0.167 e. The number of anilines is 1. The van der Waals surface area contributed by atoms with Gasteiger partial charge in [-0.15, -0.1) is 0 Å². The molecule has 0 bridgehead atoms. The molecule has 0 aliphatic carbocycles. The van der Waals surface area contributed by atoms with E-state index in [2.05, 4.69) is 20.9 Å². The Balaban J connectivity index is 2.02. The van der Waals surface area contributed by atoms with Gasteiger partial charge in [-0.1, -0.05) is 30.3 Å². The van der Waals surface area contributed by atoms with Gasteiger partial charge < -0.3 is 5.73 Å². The molecular formula is C15H13BrN2O2. The number of nitrogens with zero attached hydrogens (tertiary/aromatic N) is 1. The van der Waals surface area contributed by atoms with Crippen LogP contribution in [0.15, 0.2) is 47.1 Å². The van der Waals surface area contributed by atoms with Crippen LogP contribution in [0.2, 0.25) is 0 Å². The first-order valence-corrected chi connectivity index (χ1v) is 6.89. The summed E-state index contributed by atoms with van der Waals surface area (Å²) in [5.74, 6) is -0.0496. The number of aromatic nitrogens is 1. The van der Waals surface area contributed by atoms with Gasteiger partial charge in [0.05, 0.1) is 5.56 Å².